The van der Waals surface area contributed by atoms with E-state index in [1.165, 1.54) is 0 Å². The van der Waals surface area contributed by atoms with Gasteiger partial charge in [-0.3, -0.25) is 0 Å². The van der Waals surface area contributed by atoms with Crippen molar-refractivity contribution in [1.29, 1.82) is 0 Å². The largest absolute Gasteiger partial charge is 0.497 e. The van der Waals surface area contributed by atoms with Crippen LogP contribution in [0.3, 0.4) is 0 Å². The third-order valence-corrected chi connectivity index (χ3v) is 7.75. The number of nitrogens with zero attached hydrogens (tertiary/aromatic N) is 2. The van der Waals surface area contributed by atoms with Crippen LogP contribution in [0.4, 0.5) is 34.1 Å². The molecule has 236 valence electrons. The van der Waals surface area contributed by atoms with Crippen LogP contribution < -0.4 is 33.5 Å². The summed E-state index contributed by atoms with van der Waals surface area (Å²) in [7, 11) is 6.67. The highest BCUT2D eigenvalue weighted by molar-refractivity contribution is 5.78. The van der Waals surface area contributed by atoms with Gasteiger partial charge in [0.25, 0.3) is 0 Å². The molecule has 0 spiro atoms. The lowest BCUT2D eigenvalue weighted by Crippen LogP contribution is -2.10. The van der Waals surface area contributed by atoms with Gasteiger partial charge in [0.15, 0.2) is 0 Å². The van der Waals surface area contributed by atoms with Gasteiger partial charge in [-0.2, -0.15) is 0 Å². The molecule has 7 heteroatoms. The number of ether oxygens (including phenoxy) is 5. The normalized spacial score (nSPS) is 10.6. The summed E-state index contributed by atoms with van der Waals surface area (Å²) in [6, 6.07) is 48.1. The molecule has 0 bridgehead atoms. The molecule has 0 unspecified atom stereocenters. The van der Waals surface area contributed by atoms with Gasteiger partial charge in [0.1, 0.15) is 34.5 Å². The van der Waals surface area contributed by atoms with Gasteiger partial charge in [-0.15, -0.1) is 0 Å². The number of hydrogen-bond donors (Lipinski definition) is 0. The van der Waals surface area contributed by atoms with Crippen molar-refractivity contribution in [2.24, 2.45) is 0 Å². The average molecular weight is 625 g/mol. The van der Waals surface area contributed by atoms with Crippen LogP contribution in [0.2, 0.25) is 0 Å². The third kappa shape index (κ3) is 7.10. The molecule has 6 aromatic rings. The van der Waals surface area contributed by atoms with Crippen LogP contribution in [0.25, 0.3) is 0 Å². The first kappa shape index (κ1) is 30.9. The van der Waals surface area contributed by atoms with Gasteiger partial charge in [-0.25, -0.2) is 0 Å². The molecule has 0 fully saturated rings. The summed E-state index contributed by atoms with van der Waals surface area (Å²) in [6.45, 7) is 0. The van der Waals surface area contributed by atoms with Crippen molar-refractivity contribution in [3.05, 3.63) is 146 Å². The van der Waals surface area contributed by atoms with E-state index in [1.807, 2.05) is 146 Å². The maximum atomic E-state index is 6.29. The van der Waals surface area contributed by atoms with E-state index in [4.69, 9.17) is 23.7 Å². The van der Waals surface area contributed by atoms with Gasteiger partial charge in [-0.1, -0.05) is 0 Å². The quantitative estimate of drug-likeness (QED) is 0.134. The van der Waals surface area contributed by atoms with Crippen molar-refractivity contribution in [1.82, 2.24) is 0 Å². The zero-order chi connectivity index (χ0) is 32.6. The van der Waals surface area contributed by atoms with Crippen LogP contribution in [0.5, 0.6) is 34.5 Å². The highest BCUT2D eigenvalue weighted by atomic mass is 16.5. The Labute approximate surface area is 275 Å². The van der Waals surface area contributed by atoms with E-state index in [2.05, 4.69) is 9.80 Å². The monoisotopic (exact) mass is 624 g/mol. The third-order valence-electron chi connectivity index (χ3n) is 7.75. The second-order valence-corrected chi connectivity index (χ2v) is 10.6. The second kappa shape index (κ2) is 14.3. The Hall–Kier alpha value is -6.08. The van der Waals surface area contributed by atoms with Gasteiger partial charge in [0, 0.05) is 34.1 Å². The molecule has 7 nitrogen and oxygen atoms in total. The van der Waals surface area contributed by atoms with Crippen LogP contribution in [-0.4, -0.2) is 28.4 Å². The van der Waals surface area contributed by atoms with E-state index in [-0.39, 0.29) is 0 Å². The van der Waals surface area contributed by atoms with Crippen LogP contribution in [0, 0.1) is 0 Å². The first-order valence-electron chi connectivity index (χ1n) is 15.1. The van der Waals surface area contributed by atoms with Crippen molar-refractivity contribution in [2.45, 2.75) is 0 Å². The fourth-order valence-electron chi connectivity index (χ4n) is 5.28. The first-order valence-corrected chi connectivity index (χ1v) is 15.1. The number of anilines is 6. The lowest BCUT2D eigenvalue weighted by atomic mass is 10.1. The van der Waals surface area contributed by atoms with E-state index >= 15 is 0 Å². The van der Waals surface area contributed by atoms with Crippen LogP contribution in [0.1, 0.15) is 0 Å². The molecule has 0 saturated carbocycles. The van der Waals surface area contributed by atoms with E-state index in [9.17, 15) is 0 Å². The lowest BCUT2D eigenvalue weighted by molar-refractivity contribution is 0.414. The second-order valence-electron chi connectivity index (χ2n) is 10.6. The number of hydrogen-bond acceptors (Lipinski definition) is 7. The molecule has 0 heterocycles. The van der Waals surface area contributed by atoms with Crippen LogP contribution >= 0.6 is 0 Å². The smallest absolute Gasteiger partial charge is 0.127 e. The molecule has 0 aliphatic heterocycles. The predicted molar refractivity (Wildman–Crippen MR) is 189 cm³/mol. The summed E-state index contributed by atoms with van der Waals surface area (Å²) in [6.07, 6.45) is 0. The van der Waals surface area contributed by atoms with E-state index < -0.39 is 0 Å². The summed E-state index contributed by atoms with van der Waals surface area (Å²) in [5, 5.41) is 0. The molecule has 6 rings (SSSR count). The maximum absolute atomic E-state index is 6.29. The van der Waals surface area contributed by atoms with Gasteiger partial charge >= 0.3 is 0 Å². The van der Waals surface area contributed by atoms with Crippen molar-refractivity contribution in [3.8, 4) is 34.5 Å². The Bertz CT molecular complexity index is 1620. The average Bonchev–Trinajstić information content (AvgIpc) is 3.14. The molecule has 0 radical (unpaired) electrons. The lowest BCUT2D eigenvalue weighted by Gasteiger charge is -2.26. The molecule has 0 aliphatic rings. The molecule has 0 saturated heterocycles. The van der Waals surface area contributed by atoms with Crippen LogP contribution in [-0.2, 0) is 0 Å². The Kier molecular flexibility index (Phi) is 9.44. The fourth-order valence-corrected chi connectivity index (χ4v) is 5.28. The summed E-state index contributed by atoms with van der Waals surface area (Å²) in [4.78, 5) is 4.34. The molecule has 0 atom stereocenters. The topological polar surface area (TPSA) is 52.6 Å². The van der Waals surface area contributed by atoms with Gasteiger partial charge < -0.3 is 33.5 Å². The maximum Gasteiger partial charge on any atom is 0.127 e. The van der Waals surface area contributed by atoms with Crippen molar-refractivity contribution in [2.75, 3.05) is 38.2 Å². The van der Waals surface area contributed by atoms with E-state index in [0.717, 1.165) is 68.6 Å². The van der Waals surface area contributed by atoms with Gasteiger partial charge in [0.2, 0.25) is 0 Å². The molecule has 47 heavy (non-hydrogen) atoms. The molecule has 0 aliphatic carbocycles. The summed E-state index contributed by atoms with van der Waals surface area (Å²) in [5.74, 6) is 4.66. The summed E-state index contributed by atoms with van der Waals surface area (Å²) < 4.78 is 27.8. The number of benzene rings is 6. The SMILES string of the molecule is COc1ccc(N(c2ccc(OC)cc2)c2ccc(Oc3ccc(N(c4ccc(OC)cc4)c4ccc(OC)cc4)cc3)cc2)cc1. The Morgan fingerprint density at radius 2 is 0.426 bits per heavy atom. The van der Waals surface area contributed by atoms with Crippen molar-refractivity contribution < 1.29 is 23.7 Å². The van der Waals surface area contributed by atoms with E-state index in [1.54, 1.807) is 28.4 Å². The Morgan fingerprint density at radius 3 is 0.596 bits per heavy atom. The minimum atomic E-state index is 0.730. The summed E-state index contributed by atoms with van der Waals surface area (Å²) in [5.41, 5.74) is 5.96. The molecule has 0 amide bonds. The summed E-state index contributed by atoms with van der Waals surface area (Å²) >= 11 is 0. The molecular formula is C40H36N2O5. The van der Waals surface area contributed by atoms with Crippen molar-refractivity contribution >= 4 is 34.1 Å². The first-order chi connectivity index (χ1) is 23.1. The zero-order valence-corrected chi connectivity index (χ0v) is 26.8. The zero-order valence-electron chi connectivity index (χ0n) is 26.8. The standard InChI is InChI=1S/C40H36N2O5/c1-43-35-17-5-29(6-18-35)41(30-7-19-36(44-2)20-8-30)33-13-25-39(26-14-33)47-40-27-15-34(16-28-40)42(31-9-21-37(45-3)22-10-31)32-11-23-38(46-4)24-12-32/h5-28H,1-4H3. The minimum Gasteiger partial charge on any atom is -0.497 e. The van der Waals surface area contributed by atoms with E-state index in [0.29, 0.717) is 0 Å². The minimum absolute atomic E-state index is 0.730. The van der Waals surface area contributed by atoms with Gasteiger partial charge in [0.05, 0.1) is 28.4 Å². The number of methoxy groups -OCH3 is 4. The fraction of sp³-hybridized carbons (Fsp3) is 0.100. The Morgan fingerprint density at radius 1 is 0.255 bits per heavy atom. The highest BCUT2D eigenvalue weighted by Crippen LogP contribution is 2.39. The predicted octanol–water partition coefficient (Wildman–Crippen LogP) is 10.5. The molecule has 0 aromatic heterocycles. The van der Waals surface area contributed by atoms with Crippen LogP contribution in [0.15, 0.2) is 146 Å². The van der Waals surface area contributed by atoms with Gasteiger partial charge in [-0.05, 0) is 146 Å². The molecular weight excluding hydrogens is 588 g/mol. The molecule has 0 N–H and O–H groups in total. The van der Waals surface area contributed by atoms with Crippen molar-refractivity contribution in [3.63, 3.8) is 0 Å². The number of rotatable bonds is 12. The highest BCUT2D eigenvalue weighted by Gasteiger charge is 2.15. The molecule has 6 aromatic carbocycles. The Balaban J connectivity index is 1.24.